The second kappa shape index (κ2) is 9.16. The maximum atomic E-state index is 11.6. The molecule has 7 nitrogen and oxygen atoms in total. The summed E-state index contributed by atoms with van der Waals surface area (Å²) >= 11 is 4.31. The molecule has 0 aliphatic rings. The highest BCUT2D eigenvalue weighted by Crippen LogP contribution is 2.32. The van der Waals surface area contributed by atoms with Crippen molar-refractivity contribution in [3.63, 3.8) is 0 Å². The molecule has 0 bridgehead atoms. The Morgan fingerprint density at radius 3 is 2.38 bits per heavy atom. The average molecular weight is 403 g/mol. The molecule has 1 aromatic heterocycles. The lowest BCUT2D eigenvalue weighted by atomic mass is 10.4. The van der Waals surface area contributed by atoms with Gasteiger partial charge >= 0.3 is 0 Å². The Bertz CT molecular complexity index is 527. The highest BCUT2D eigenvalue weighted by molar-refractivity contribution is 9.10. The third-order valence-corrected chi connectivity index (χ3v) is 6.59. The fourth-order valence-corrected chi connectivity index (χ4v) is 5.03. The van der Waals surface area contributed by atoms with Crippen molar-refractivity contribution >= 4 is 37.3 Å². The maximum absolute atomic E-state index is 11.6. The number of nitrogens with one attached hydrogen (secondary N) is 1. The molecule has 0 atom stereocenters. The van der Waals surface area contributed by atoms with Crippen LogP contribution in [0.2, 0.25) is 0 Å². The molecule has 0 radical (unpaired) electrons. The lowest BCUT2D eigenvalue weighted by Gasteiger charge is -2.20. The van der Waals surface area contributed by atoms with Gasteiger partial charge in [-0.1, -0.05) is 4.89 Å². The van der Waals surface area contributed by atoms with Crippen molar-refractivity contribution in [1.82, 2.24) is 9.79 Å². The number of hydrogen-bond donors (Lipinski definition) is 2. The first kappa shape index (κ1) is 19.0. The largest absolute Gasteiger partial charge is 0.383 e. The molecule has 0 aliphatic heterocycles. The van der Waals surface area contributed by atoms with Crippen LogP contribution in [0.25, 0.3) is 0 Å². The summed E-state index contributed by atoms with van der Waals surface area (Å²) < 4.78 is 33.9. The highest BCUT2D eigenvalue weighted by Gasteiger charge is 2.21. The van der Waals surface area contributed by atoms with Crippen molar-refractivity contribution in [1.29, 1.82) is 0 Å². The van der Waals surface area contributed by atoms with Crippen molar-refractivity contribution in [2.75, 3.05) is 40.5 Å². The molecule has 1 rings (SSSR count). The van der Waals surface area contributed by atoms with E-state index < -0.39 is 10.0 Å². The van der Waals surface area contributed by atoms with Gasteiger partial charge in [-0.2, -0.15) is 0 Å². The van der Waals surface area contributed by atoms with Gasteiger partial charge in [0.15, 0.2) is 4.21 Å². The molecule has 0 saturated carbocycles. The summed E-state index contributed by atoms with van der Waals surface area (Å²) in [6.45, 7) is 3.18. The Morgan fingerprint density at radius 2 is 1.90 bits per heavy atom. The van der Waals surface area contributed by atoms with Crippen molar-refractivity contribution in [3.8, 4) is 0 Å². The minimum atomic E-state index is -3.87. The quantitative estimate of drug-likeness (QED) is 0.573. The van der Waals surface area contributed by atoms with Crippen molar-refractivity contribution in [3.05, 3.63) is 15.4 Å². The van der Waals surface area contributed by atoms with Crippen LogP contribution >= 0.6 is 27.3 Å². The minimum Gasteiger partial charge on any atom is -0.383 e. The van der Waals surface area contributed by atoms with Gasteiger partial charge in [-0.3, -0.25) is 4.90 Å². The number of sulfonamides is 1. The lowest BCUT2D eigenvalue weighted by Crippen LogP contribution is -2.30. The van der Waals surface area contributed by atoms with Gasteiger partial charge in [0.05, 0.1) is 13.2 Å². The average Bonchev–Trinajstić information content (AvgIpc) is 2.83. The molecule has 0 saturated heterocycles. The maximum Gasteiger partial charge on any atom is 0.272 e. The summed E-state index contributed by atoms with van der Waals surface area (Å²) in [5.41, 5.74) is 0. The fourth-order valence-electron chi connectivity index (χ4n) is 1.63. The molecule has 0 spiro atoms. The van der Waals surface area contributed by atoms with E-state index in [4.69, 9.17) is 14.7 Å². The molecule has 1 aromatic rings. The standard InChI is InChI=1S/C11H19BrN2O5S2/c1-18-5-3-14(4-6-19-2)8-9-7-10(12)11(20-9)21(16,17)13-15/h7,13,15H,3-6,8H2,1-2H3. The predicted molar refractivity (Wildman–Crippen MR) is 83.2 cm³/mol. The first-order valence-corrected chi connectivity index (χ1v) is 9.18. The van der Waals surface area contributed by atoms with E-state index in [9.17, 15) is 8.42 Å². The molecule has 10 heteroatoms. The van der Waals surface area contributed by atoms with Crippen molar-refractivity contribution in [2.24, 2.45) is 0 Å². The molecule has 0 aliphatic carbocycles. The number of thiophene rings is 1. The topological polar surface area (TPSA) is 88.1 Å². The summed E-state index contributed by atoms with van der Waals surface area (Å²) in [7, 11) is -0.603. The molecule has 1 heterocycles. The SMILES string of the molecule is COCCN(CCOC)Cc1cc(Br)c(S(=O)(=O)NO)s1. The summed E-state index contributed by atoms with van der Waals surface area (Å²) in [5.74, 6) is 0. The van der Waals surface area contributed by atoms with E-state index in [2.05, 4.69) is 20.8 Å². The number of methoxy groups -OCH3 is 2. The summed E-state index contributed by atoms with van der Waals surface area (Å²) in [5, 5.41) is 8.70. The van der Waals surface area contributed by atoms with E-state index in [0.29, 0.717) is 24.2 Å². The Kier molecular flexibility index (Phi) is 8.27. The first-order valence-electron chi connectivity index (χ1n) is 6.09. The van der Waals surface area contributed by atoms with E-state index in [1.165, 1.54) is 4.89 Å². The van der Waals surface area contributed by atoms with Crippen LogP contribution in [0.15, 0.2) is 14.7 Å². The third kappa shape index (κ3) is 5.91. The zero-order valence-corrected chi connectivity index (χ0v) is 15.1. The van der Waals surface area contributed by atoms with Gasteiger partial charge in [-0.05, 0) is 22.0 Å². The number of nitrogens with zero attached hydrogens (tertiary/aromatic N) is 1. The third-order valence-electron chi connectivity index (χ3n) is 2.67. The van der Waals surface area contributed by atoms with E-state index in [-0.39, 0.29) is 4.21 Å². The monoisotopic (exact) mass is 402 g/mol. The summed E-state index contributed by atoms with van der Waals surface area (Å²) in [6.07, 6.45) is 0. The molecule has 0 fully saturated rings. The molecule has 0 amide bonds. The smallest absolute Gasteiger partial charge is 0.272 e. The van der Waals surface area contributed by atoms with E-state index in [1.807, 2.05) is 0 Å². The molecule has 0 aromatic carbocycles. The van der Waals surface area contributed by atoms with E-state index in [1.54, 1.807) is 20.3 Å². The zero-order chi connectivity index (χ0) is 15.9. The van der Waals surface area contributed by atoms with Gasteiger partial charge in [0.1, 0.15) is 0 Å². The molecule has 122 valence electrons. The van der Waals surface area contributed by atoms with Crippen LogP contribution in [0.5, 0.6) is 0 Å². The molecule has 0 unspecified atom stereocenters. The molecule has 21 heavy (non-hydrogen) atoms. The summed E-state index contributed by atoms with van der Waals surface area (Å²) in [6, 6.07) is 1.74. The number of rotatable bonds is 10. The molecular weight excluding hydrogens is 384 g/mol. The number of ether oxygens (including phenoxy) is 2. The zero-order valence-electron chi connectivity index (χ0n) is 11.8. The van der Waals surface area contributed by atoms with Crippen molar-refractivity contribution < 1.29 is 23.1 Å². The Labute approximate surface area is 137 Å². The van der Waals surface area contributed by atoms with E-state index >= 15 is 0 Å². The van der Waals surface area contributed by atoms with Crippen LogP contribution < -0.4 is 4.89 Å². The van der Waals surface area contributed by atoms with Crippen LogP contribution in [0.1, 0.15) is 4.88 Å². The second-order valence-corrected chi connectivity index (χ2v) is 8.05. The molecular formula is C11H19BrN2O5S2. The summed E-state index contributed by atoms with van der Waals surface area (Å²) in [4.78, 5) is 4.30. The van der Waals surface area contributed by atoms with Gasteiger partial charge < -0.3 is 14.7 Å². The number of halogens is 1. The number of hydrogen-bond acceptors (Lipinski definition) is 7. The highest BCUT2D eigenvalue weighted by atomic mass is 79.9. The predicted octanol–water partition coefficient (Wildman–Crippen LogP) is 1.27. The van der Waals surface area contributed by atoms with Crippen LogP contribution in [-0.4, -0.2) is 59.0 Å². The van der Waals surface area contributed by atoms with Gasteiger partial charge in [0.2, 0.25) is 0 Å². The van der Waals surface area contributed by atoms with Gasteiger partial charge in [0.25, 0.3) is 10.0 Å². The second-order valence-electron chi connectivity index (χ2n) is 4.20. The minimum absolute atomic E-state index is 0.0541. The van der Waals surface area contributed by atoms with E-state index in [0.717, 1.165) is 29.3 Å². The molecule has 2 N–H and O–H groups in total. The Hall–Kier alpha value is -0.0700. The van der Waals surface area contributed by atoms with Crippen LogP contribution in [0.4, 0.5) is 0 Å². The van der Waals surface area contributed by atoms with Gasteiger partial charge in [-0.15, -0.1) is 11.3 Å². The first-order chi connectivity index (χ1) is 9.94. The normalized spacial score (nSPS) is 12.2. The van der Waals surface area contributed by atoms with Crippen LogP contribution in [-0.2, 0) is 26.0 Å². The van der Waals surface area contributed by atoms with Gasteiger partial charge in [0, 0.05) is 43.2 Å². The van der Waals surface area contributed by atoms with Crippen LogP contribution in [0, 0.1) is 0 Å². The van der Waals surface area contributed by atoms with Gasteiger partial charge in [-0.25, -0.2) is 8.42 Å². The Balaban J connectivity index is 2.82. The van der Waals surface area contributed by atoms with Crippen LogP contribution in [0.3, 0.4) is 0 Å². The Morgan fingerprint density at radius 1 is 1.33 bits per heavy atom. The lowest BCUT2D eigenvalue weighted by molar-refractivity contribution is 0.111. The fraction of sp³-hybridized carbons (Fsp3) is 0.636. The van der Waals surface area contributed by atoms with Crippen molar-refractivity contribution in [2.45, 2.75) is 10.8 Å².